The molecule has 0 saturated carbocycles. The van der Waals surface area contributed by atoms with Crippen LogP contribution in [0.25, 0.3) is 10.6 Å². The molecule has 0 spiro atoms. The lowest BCUT2D eigenvalue weighted by Crippen LogP contribution is -2.24. The van der Waals surface area contributed by atoms with Gasteiger partial charge in [-0.05, 0) is 19.4 Å². The topological polar surface area (TPSA) is 42.0 Å². The highest BCUT2D eigenvalue weighted by atomic mass is 32.1. The molecule has 0 radical (unpaired) electrons. The van der Waals surface area contributed by atoms with E-state index in [1.54, 1.807) is 11.3 Å². The van der Waals surface area contributed by atoms with Crippen LogP contribution in [0.5, 0.6) is 0 Å². The first kappa shape index (κ1) is 16.4. The first-order valence-corrected chi connectivity index (χ1v) is 8.77. The van der Waals surface area contributed by atoms with E-state index in [0.29, 0.717) is 13.0 Å². The van der Waals surface area contributed by atoms with Crippen LogP contribution in [-0.2, 0) is 17.8 Å². The van der Waals surface area contributed by atoms with Crippen LogP contribution in [-0.4, -0.2) is 10.9 Å². The highest BCUT2D eigenvalue weighted by molar-refractivity contribution is 7.15. The third-order valence-corrected chi connectivity index (χ3v) is 5.05. The van der Waals surface area contributed by atoms with E-state index < -0.39 is 0 Å². The average Bonchev–Trinajstić information content (AvgIpc) is 2.97. The third kappa shape index (κ3) is 4.09. The molecule has 1 heterocycles. The largest absolute Gasteiger partial charge is 0.351 e. The van der Waals surface area contributed by atoms with E-state index in [9.17, 15) is 4.79 Å². The third-order valence-electron chi connectivity index (χ3n) is 3.84. The molecule has 1 aromatic heterocycles. The van der Waals surface area contributed by atoms with E-state index >= 15 is 0 Å². The van der Waals surface area contributed by atoms with Gasteiger partial charge in [-0.3, -0.25) is 4.79 Å². The van der Waals surface area contributed by atoms with Crippen LogP contribution in [0, 0.1) is 13.8 Å². The van der Waals surface area contributed by atoms with E-state index in [1.807, 2.05) is 56.3 Å². The predicted octanol–water partition coefficient (Wildman–Crippen LogP) is 4.29. The zero-order valence-corrected chi connectivity index (χ0v) is 14.7. The second-order valence-electron chi connectivity index (χ2n) is 5.83. The standard InChI is InChI=1S/C20H20N2OS/c1-14-8-10-16(11-9-14)12-19(23)21-13-18-15(2)22-20(24-18)17-6-4-3-5-7-17/h3-11H,12-13H2,1-2H3,(H,21,23). The van der Waals surface area contributed by atoms with Crippen LogP contribution in [0.1, 0.15) is 21.7 Å². The molecular weight excluding hydrogens is 316 g/mol. The molecule has 3 aromatic rings. The van der Waals surface area contributed by atoms with Gasteiger partial charge in [-0.25, -0.2) is 4.98 Å². The molecule has 0 bridgehead atoms. The minimum atomic E-state index is 0.0351. The van der Waals surface area contributed by atoms with E-state index in [-0.39, 0.29) is 5.91 Å². The van der Waals surface area contributed by atoms with Crippen LogP contribution in [0.4, 0.5) is 0 Å². The van der Waals surface area contributed by atoms with E-state index in [4.69, 9.17) is 0 Å². The van der Waals surface area contributed by atoms with Gasteiger partial charge in [0.15, 0.2) is 0 Å². The number of nitrogens with zero attached hydrogens (tertiary/aromatic N) is 1. The number of nitrogens with one attached hydrogen (secondary N) is 1. The van der Waals surface area contributed by atoms with Gasteiger partial charge in [0.2, 0.25) is 5.91 Å². The summed E-state index contributed by atoms with van der Waals surface area (Å²) < 4.78 is 0. The highest BCUT2D eigenvalue weighted by Gasteiger charge is 2.10. The first-order valence-electron chi connectivity index (χ1n) is 7.96. The smallest absolute Gasteiger partial charge is 0.224 e. The fourth-order valence-electron chi connectivity index (χ4n) is 2.43. The van der Waals surface area contributed by atoms with Crippen molar-refractivity contribution in [1.82, 2.24) is 10.3 Å². The zero-order valence-electron chi connectivity index (χ0n) is 13.9. The van der Waals surface area contributed by atoms with Crippen LogP contribution in [0.2, 0.25) is 0 Å². The molecular formula is C20H20N2OS. The Morgan fingerprint density at radius 2 is 1.75 bits per heavy atom. The van der Waals surface area contributed by atoms with E-state index in [1.165, 1.54) is 5.56 Å². The molecule has 0 aliphatic carbocycles. The number of rotatable bonds is 5. The lowest BCUT2D eigenvalue weighted by molar-refractivity contribution is -0.120. The van der Waals surface area contributed by atoms with Gasteiger partial charge >= 0.3 is 0 Å². The summed E-state index contributed by atoms with van der Waals surface area (Å²) in [6.45, 7) is 4.56. The summed E-state index contributed by atoms with van der Waals surface area (Å²) in [6, 6.07) is 18.2. The second-order valence-corrected chi connectivity index (χ2v) is 6.92. The van der Waals surface area contributed by atoms with Crippen LogP contribution in [0.3, 0.4) is 0 Å². The summed E-state index contributed by atoms with van der Waals surface area (Å²) in [7, 11) is 0. The van der Waals surface area contributed by atoms with E-state index in [0.717, 1.165) is 26.7 Å². The predicted molar refractivity (Wildman–Crippen MR) is 99.0 cm³/mol. The number of aryl methyl sites for hydroxylation is 2. The number of benzene rings is 2. The number of hydrogen-bond acceptors (Lipinski definition) is 3. The van der Waals surface area contributed by atoms with Gasteiger partial charge in [0.1, 0.15) is 5.01 Å². The van der Waals surface area contributed by atoms with Gasteiger partial charge in [-0.1, -0.05) is 60.2 Å². The van der Waals surface area contributed by atoms with E-state index in [2.05, 4.69) is 22.4 Å². The minimum absolute atomic E-state index is 0.0351. The Hall–Kier alpha value is -2.46. The van der Waals surface area contributed by atoms with Crippen molar-refractivity contribution in [3.63, 3.8) is 0 Å². The molecule has 4 heteroatoms. The molecule has 3 rings (SSSR count). The normalized spacial score (nSPS) is 10.6. The summed E-state index contributed by atoms with van der Waals surface area (Å²) in [6.07, 6.45) is 0.406. The second kappa shape index (κ2) is 7.41. The van der Waals surface area contributed by atoms with Gasteiger partial charge in [-0.15, -0.1) is 11.3 Å². The van der Waals surface area contributed by atoms with Crippen molar-refractivity contribution in [1.29, 1.82) is 0 Å². The molecule has 24 heavy (non-hydrogen) atoms. The Morgan fingerprint density at radius 3 is 2.46 bits per heavy atom. The van der Waals surface area contributed by atoms with Crippen LogP contribution in [0.15, 0.2) is 54.6 Å². The summed E-state index contributed by atoms with van der Waals surface area (Å²) in [5.74, 6) is 0.0351. The summed E-state index contributed by atoms with van der Waals surface area (Å²) >= 11 is 1.64. The lowest BCUT2D eigenvalue weighted by atomic mass is 10.1. The maximum atomic E-state index is 12.1. The lowest BCUT2D eigenvalue weighted by Gasteiger charge is -2.05. The van der Waals surface area contributed by atoms with Crippen LogP contribution < -0.4 is 5.32 Å². The summed E-state index contributed by atoms with van der Waals surface area (Å²) in [4.78, 5) is 17.9. The first-order chi connectivity index (χ1) is 11.6. The summed E-state index contributed by atoms with van der Waals surface area (Å²) in [5, 5.41) is 4.00. The molecule has 0 saturated heterocycles. The molecule has 0 fully saturated rings. The quantitative estimate of drug-likeness (QED) is 0.755. The molecule has 2 aromatic carbocycles. The highest BCUT2D eigenvalue weighted by Crippen LogP contribution is 2.27. The molecule has 0 unspecified atom stereocenters. The number of thiazole rings is 1. The molecule has 122 valence electrons. The fourth-order valence-corrected chi connectivity index (χ4v) is 3.44. The zero-order chi connectivity index (χ0) is 16.9. The fraction of sp³-hybridized carbons (Fsp3) is 0.200. The minimum Gasteiger partial charge on any atom is -0.351 e. The Morgan fingerprint density at radius 1 is 1.04 bits per heavy atom. The van der Waals surface area contributed by atoms with Crippen molar-refractivity contribution < 1.29 is 4.79 Å². The SMILES string of the molecule is Cc1ccc(CC(=O)NCc2sc(-c3ccccc3)nc2C)cc1. The number of carbonyl (C=O) groups is 1. The monoisotopic (exact) mass is 336 g/mol. The summed E-state index contributed by atoms with van der Waals surface area (Å²) in [5.41, 5.74) is 4.33. The molecule has 0 aliphatic rings. The van der Waals surface area contributed by atoms with Gasteiger partial charge in [0.25, 0.3) is 0 Å². The van der Waals surface area contributed by atoms with Crippen molar-refractivity contribution in [3.8, 4) is 10.6 Å². The maximum absolute atomic E-state index is 12.1. The van der Waals surface area contributed by atoms with Gasteiger partial charge < -0.3 is 5.32 Å². The van der Waals surface area contributed by atoms with Gasteiger partial charge in [0, 0.05) is 10.4 Å². The Kier molecular flexibility index (Phi) is 5.06. The number of amides is 1. The number of hydrogen-bond donors (Lipinski definition) is 1. The average molecular weight is 336 g/mol. The Labute approximate surface area is 146 Å². The maximum Gasteiger partial charge on any atom is 0.224 e. The number of carbonyl (C=O) groups excluding carboxylic acids is 1. The number of aromatic nitrogens is 1. The van der Waals surface area contributed by atoms with Gasteiger partial charge in [-0.2, -0.15) is 0 Å². The molecule has 0 aliphatic heterocycles. The molecule has 1 amide bonds. The molecule has 1 N–H and O–H groups in total. The van der Waals surface area contributed by atoms with Crippen molar-refractivity contribution in [2.75, 3.05) is 0 Å². The molecule has 0 atom stereocenters. The van der Waals surface area contributed by atoms with Crippen molar-refractivity contribution in [3.05, 3.63) is 76.3 Å². The van der Waals surface area contributed by atoms with Crippen molar-refractivity contribution in [2.24, 2.45) is 0 Å². The van der Waals surface area contributed by atoms with Crippen molar-refractivity contribution >= 4 is 17.2 Å². The van der Waals surface area contributed by atoms with Gasteiger partial charge in [0.05, 0.1) is 18.7 Å². The Balaban J connectivity index is 1.61. The van der Waals surface area contributed by atoms with Crippen molar-refractivity contribution in [2.45, 2.75) is 26.8 Å². The molecule has 3 nitrogen and oxygen atoms in total. The van der Waals surface area contributed by atoms with Crippen LogP contribution >= 0.6 is 11.3 Å². The Bertz CT molecular complexity index is 823.